The standard InChI is InChI=1S/C11H12N.Y/c1-8-3-6-11-10(7-8)5-4-9(2)12-11;/h6-7H,4-5H2,1-2H3;/q-1;. The molecule has 1 heterocycles. The Kier molecular flexibility index (Phi) is 3.81. The van der Waals surface area contributed by atoms with Crippen LogP contribution in [-0.4, -0.2) is 5.71 Å². The molecule has 2 heteroatoms. The first-order valence-electron chi connectivity index (χ1n) is 4.31. The SMILES string of the molecule is CC1=Nc2c[c-]c(C)cc2CC1.[Y]. The minimum atomic E-state index is 0. The fourth-order valence-corrected chi connectivity index (χ4v) is 1.53. The van der Waals surface area contributed by atoms with Crippen molar-refractivity contribution in [2.24, 2.45) is 4.99 Å². The van der Waals surface area contributed by atoms with Gasteiger partial charge >= 0.3 is 0 Å². The maximum atomic E-state index is 4.47. The van der Waals surface area contributed by atoms with Crippen LogP contribution in [0.5, 0.6) is 0 Å². The summed E-state index contributed by atoms with van der Waals surface area (Å²) in [6.07, 6.45) is 2.25. The summed E-state index contributed by atoms with van der Waals surface area (Å²) in [5.74, 6) is 0. The molecule has 1 radical (unpaired) electrons. The van der Waals surface area contributed by atoms with Crippen molar-refractivity contribution in [2.45, 2.75) is 26.7 Å². The third kappa shape index (κ3) is 2.48. The van der Waals surface area contributed by atoms with E-state index >= 15 is 0 Å². The molecule has 0 unspecified atom stereocenters. The van der Waals surface area contributed by atoms with E-state index in [0.717, 1.165) is 18.5 Å². The summed E-state index contributed by atoms with van der Waals surface area (Å²) in [7, 11) is 0. The van der Waals surface area contributed by atoms with Crippen molar-refractivity contribution < 1.29 is 32.7 Å². The Hall–Kier alpha value is -0.00610. The van der Waals surface area contributed by atoms with E-state index in [1.807, 2.05) is 6.07 Å². The fourth-order valence-electron chi connectivity index (χ4n) is 1.53. The molecule has 1 aliphatic heterocycles. The van der Waals surface area contributed by atoms with Crippen LogP contribution < -0.4 is 0 Å². The van der Waals surface area contributed by atoms with Crippen molar-refractivity contribution in [3.05, 3.63) is 29.3 Å². The zero-order chi connectivity index (χ0) is 8.55. The minimum Gasteiger partial charge on any atom is -0.322 e. The van der Waals surface area contributed by atoms with Crippen LogP contribution in [0.15, 0.2) is 17.1 Å². The number of aliphatic imine (C=N–C) groups is 1. The monoisotopic (exact) mass is 247 g/mol. The second kappa shape index (κ2) is 4.48. The van der Waals surface area contributed by atoms with Gasteiger partial charge in [0.1, 0.15) is 0 Å². The van der Waals surface area contributed by atoms with Gasteiger partial charge in [0.25, 0.3) is 0 Å². The number of hydrogen-bond acceptors (Lipinski definition) is 1. The van der Waals surface area contributed by atoms with Gasteiger partial charge in [-0.1, -0.05) is 6.92 Å². The van der Waals surface area contributed by atoms with Gasteiger partial charge in [0.2, 0.25) is 0 Å². The second-order valence-electron chi connectivity index (χ2n) is 3.37. The Morgan fingerprint density at radius 1 is 1.31 bits per heavy atom. The second-order valence-corrected chi connectivity index (χ2v) is 3.37. The molecular formula is C11H12NY-. The third-order valence-corrected chi connectivity index (χ3v) is 2.22. The first-order chi connectivity index (χ1) is 5.75. The summed E-state index contributed by atoms with van der Waals surface area (Å²) in [5, 5.41) is 0. The van der Waals surface area contributed by atoms with Crippen LogP contribution in [0.25, 0.3) is 0 Å². The van der Waals surface area contributed by atoms with E-state index in [2.05, 4.69) is 31.0 Å². The van der Waals surface area contributed by atoms with Gasteiger partial charge in [-0.05, 0) is 25.5 Å². The van der Waals surface area contributed by atoms with Crippen LogP contribution in [0, 0.1) is 13.0 Å². The van der Waals surface area contributed by atoms with Crippen LogP contribution in [0.1, 0.15) is 24.5 Å². The largest absolute Gasteiger partial charge is 0.322 e. The summed E-state index contributed by atoms with van der Waals surface area (Å²) in [4.78, 5) is 4.47. The van der Waals surface area contributed by atoms with E-state index in [9.17, 15) is 0 Å². The fraction of sp³-hybridized carbons (Fsp3) is 0.364. The number of hydrogen-bond donors (Lipinski definition) is 0. The maximum absolute atomic E-state index is 4.47. The van der Waals surface area contributed by atoms with Crippen LogP contribution in [0.4, 0.5) is 5.69 Å². The van der Waals surface area contributed by atoms with E-state index in [1.54, 1.807) is 0 Å². The van der Waals surface area contributed by atoms with Crippen molar-refractivity contribution >= 4 is 11.4 Å². The van der Waals surface area contributed by atoms with Crippen molar-refractivity contribution in [3.8, 4) is 0 Å². The molecule has 65 valence electrons. The number of nitrogens with zero attached hydrogens (tertiary/aromatic N) is 1. The smallest absolute Gasteiger partial charge is 0.000771 e. The molecule has 0 N–H and O–H groups in total. The van der Waals surface area contributed by atoms with Crippen LogP contribution >= 0.6 is 0 Å². The number of rotatable bonds is 0. The average Bonchev–Trinajstić information content (AvgIpc) is 2.05. The van der Waals surface area contributed by atoms with Crippen molar-refractivity contribution in [3.63, 3.8) is 0 Å². The molecule has 0 aromatic heterocycles. The van der Waals surface area contributed by atoms with Crippen LogP contribution in [0.3, 0.4) is 0 Å². The van der Waals surface area contributed by atoms with Gasteiger partial charge in [-0.25, -0.2) is 0 Å². The van der Waals surface area contributed by atoms with E-state index in [4.69, 9.17) is 0 Å². The van der Waals surface area contributed by atoms with E-state index in [-0.39, 0.29) is 32.7 Å². The van der Waals surface area contributed by atoms with Gasteiger partial charge in [0.05, 0.1) is 0 Å². The Bertz CT molecular complexity index is 342. The summed E-state index contributed by atoms with van der Waals surface area (Å²) in [6, 6.07) is 7.35. The predicted molar refractivity (Wildman–Crippen MR) is 51.1 cm³/mol. The number of benzene rings is 1. The van der Waals surface area contributed by atoms with Crippen LogP contribution in [-0.2, 0) is 39.1 Å². The first kappa shape index (κ1) is 11.1. The number of fused-ring (bicyclic) bond motifs is 1. The molecular weight excluding hydrogens is 235 g/mol. The van der Waals surface area contributed by atoms with E-state index in [1.165, 1.54) is 16.8 Å². The Labute approximate surface area is 105 Å². The van der Waals surface area contributed by atoms with E-state index in [0.29, 0.717) is 0 Å². The summed E-state index contributed by atoms with van der Waals surface area (Å²) >= 11 is 0. The summed E-state index contributed by atoms with van der Waals surface area (Å²) in [6.45, 7) is 4.16. The predicted octanol–water partition coefficient (Wildman–Crippen LogP) is 2.83. The van der Waals surface area contributed by atoms with Gasteiger partial charge in [-0.2, -0.15) is 23.8 Å². The average molecular weight is 247 g/mol. The minimum absolute atomic E-state index is 0. The number of aryl methyl sites for hydroxylation is 2. The van der Waals surface area contributed by atoms with Gasteiger partial charge < -0.3 is 4.99 Å². The van der Waals surface area contributed by atoms with Gasteiger partial charge in [-0.3, -0.25) is 0 Å². The normalized spacial score (nSPS) is 14.2. The van der Waals surface area contributed by atoms with Gasteiger partial charge in [0, 0.05) is 38.4 Å². The molecule has 1 nitrogen and oxygen atoms in total. The Morgan fingerprint density at radius 3 is 2.85 bits per heavy atom. The molecule has 0 spiro atoms. The quantitative estimate of drug-likeness (QED) is 0.625. The molecule has 0 atom stereocenters. The zero-order valence-electron chi connectivity index (χ0n) is 8.09. The van der Waals surface area contributed by atoms with Gasteiger partial charge in [-0.15, -0.1) is 5.56 Å². The molecule has 0 saturated heterocycles. The summed E-state index contributed by atoms with van der Waals surface area (Å²) in [5.41, 5.74) is 4.93. The van der Waals surface area contributed by atoms with Crippen molar-refractivity contribution in [1.82, 2.24) is 0 Å². The first-order valence-corrected chi connectivity index (χ1v) is 4.31. The maximum Gasteiger partial charge on any atom is 0.000771 e. The summed E-state index contributed by atoms with van der Waals surface area (Å²) < 4.78 is 0. The molecule has 0 fully saturated rings. The van der Waals surface area contributed by atoms with Crippen LogP contribution in [0.2, 0.25) is 0 Å². The zero-order valence-corrected chi connectivity index (χ0v) is 10.9. The molecule has 0 aliphatic carbocycles. The molecule has 1 aromatic carbocycles. The van der Waals surface area contributed by atoms with E-state index < -0.39 is 0 Å². The molecule has 0 saturated carbocycles. The molecule has 0 amide bonds. The molecule has 1 aromatic rings. The molecule has 13 heavy (non-hydrogen) atoms. The third-order valence-electron chi connectivity index (χ3n) is 2.22. The molecule has 0 bridgehead atoms. The molecule has 2 rings (SSSR count). The Morgan fingerprint density at radius 2 is 2.08 bits per heavy atom. The molecule has 1 aliphatic rings. The van der Waals surface area contributed by atoms with Crippen molar-refractivity contribution in [2.75, 3.05) is 0 Å². The topological polar surface area (TPSA) is 12.4 Å². The Balaban J connectivity index is 0.000000845. The van der Waals surface area contributed by atoms with Crippen molar-refractivity contribution in [1.29, 1.82) is 0 Å². The van der Waals surface area contributed by atoms with Gasteiger partial charge in [0.15, 0.2) is 0 Å².